The van der Waals surface area contributed by atoms with Crippen molar-refractivity contribution < 1.29 is 9.84 Å². The van der Waals surface area contributed by atoms with Gasteiger partial charge in [-0.05, 0) is 41.1 Å². The third-order valence-electron chi connectivity index (χ3n) is 2.04. The molecule has 1 heterocycles. The van der Waals surface area contributed by atoms with Crippen molar-refractivity contribution in [2.45, 2.75) is 6.92 Å². The van der Waals surface area contributed by atoms with E-state index in [1.165, 1.54) is 0 Å². The van der Waals surface area contributed by atoms with Gasteiger partial charge in [0.05, 0.1) is 5.69 Å². The molecule has 0 aliphatic carbocycles. The van der Waals surface area contributed by atoms with Crippen LogP contribution in [-0.2, 0) is 0 Å². The normalized spacial score (nSPS) is 10.1. The third-order valence-corrected chi connectivity index (χ3v) is 2.87. The zero-order chi connectivity index (χ0) is 11.5. The summed E-state index contributed by atoms with van der Waals surface area (Å²) in [5.41, 5.74) is 0.859. The molecule has 0 saturated heterocycles. The molecule has 82 valence electrons. The van der Waals surface area contributed by atoms with E-state index in [2.05, 4.69) is 20.9 Å². The SMILES string of the molecule is Cc1nc(Oc2cccc(O)c2)ccc1Br. The average molecular weight is 280 g/mol. The fourth-order valence-corrected chi connectivity index (χ4v) is 1.47. The smallest absolute Gasteiger partial charge is 0.219 e. The number of ether oxygens (including phenoxy) is 1. The van der Waals surface area contributed by atoms with E-state index in [9.17, 15) is 5.11 Å². The largest absolute Gasteiger partial charge is 0.508 e. The lowest BCUT2D eigenvalue weighted by Gasteiger charge is -2.06. The van der Waals surface area contributed by atoms with E-state index in [4.69, 9.17) is 4.74 Å². The molecule has 0 fully saturated rings. The summed E-state index contributed by atoms with van der Waals surface area (Å²) in [7, 11) is 0. The summed E-state index contributed by atoms with van der Waals surface area (Å²) >= 11 is 3.37. The maximum atomic E-state index is 9.28. The molecule has 0 unspecified atom stereocenters. The van der Waals surface area contributed by atoms with Gasteiger partial charge in [-0.15, -0.1) is 0 Å². The predicted octanol–water partition coefficient (Wildman–Crippen LogP) is 3.65. The van der Waals surface area contributed by atoms with Crippen LogP contribution in [0.1, 0.15) is 5.69 Å². The van der Waals surface area contributed by atoms with E-state index in [1.807, 2.05) is 13.0 Å². The van der Waals surface area contributed by atoms with Crippen molar-refractivity contribution in [3.63, 3.8) is 0 Å². The van der Waals surface area contributed by atoms with Gasteiger partial charge in [0, 0.05) is 16.6 Å². The number of pyridine rings is 1. The Morgan fingerprint density at radius 1 is 1.25 bits per heavy atom. The second-order valence-electron chi connectivity index (χ2n) is 3.32. The van der Waals surface area contributed by atoms with Gasteiger partial charge in [0.25, 0.3) is 0 Å². The Morgan fingerprint density at radius 3 is 2.75 bits per heavy atom. The molecular weight excluding hydrogens is 270 g/mol. The first kappa shape index (κ1) is 11.0. The van der Waals surface area contributed by atoms with Crippen molar-refractivity contribution in [1.29, 1.82) is 0 Å². The van der Waals surface area contributed by atoms with Crippen molar-refractivity contribution in [2.24, 2.45) is 0 Å². The van der Waals surface area contributed by atoms with E-state index in [0.29, 0.717) is 11.6 Å². The predicted molar refractivity (Wildman–Crippen MR) is 64.9 cm³/mol. The Morgan fingerprint density at radius 2 is 2.06 bits per heavy atom. The second-order valence-corrected chi connectivity index (χ2v) is 4.17. The molecule has 0 atom stereocenters. The van der Waals surface area contributed by atoms with Gasteiger partial charge in [-0.1, -0.05) is 6.07 Å². The zero-order valence-electron chi connectivity index (χ0n) is 8.64. The van der Waals surface area contributed by atoms with E-state index in [-0.39, 0.29) is 5.75 Å². The minimum atomic E-state index is 0.173. The monoisotopic (exact) mass is 279 g/mol. The molecule has 4 heteroatoms. The Hall–Kier alpha value is -1.55. The van der Waals surface area contributed by atoms with Gasteiger partial charge < -0.3 is 9.84 Å². The Labute approximate surface area is 102 Å². The Kier molecular flexibility index (Phi) is 3.10. The minimum Gasteiger partial charge on any atom is -0.508 e. The van der Waals surface area contributed by atoms with E-state index in [0.717, 1.165) is 10.2 Å². The van der Waals surface area contributed by atoms with Gasteiger partial charge in [-0.2, -0.15) is 0 Å². The van der Waals surface area contributed by atoms with Crippen LogP contribution in [-0.4, -0.2) is 10.1 Å². The number of aromatic nitrogens is 1. The molecule has 1 aromatic heterocycles. The lowest BCUT2D eigenvalue weighted by Crippen LogP contribution is -1.90. The van der Waals surface area contributed by atoms with Crippen molar-refractivity contribution >= 4 is 15.9 Å². The molecular formula is C12H10BrNO2. The van der Waals surface area contributed by atoms with E-state index >= 15 is 0 Å². The number of hydrogen-bond donors (Lipinski definition) is 1. The number of nitrogens with zero attached hydrogens (tertiary/aromatic N) is 1. The molecule has 1 aromatic carbocycles. The summed E-state index contributed by atoms with van der Waals surface area (Å²) in [6.07, 6.45) is 0. The highest BCUT2D eigenvalue weighted by molar-refractivity contribution is 9.10. The minimum absolute atomic E-state index is 0.173. The highest BCUT2D eigenvalue weighted by Gasteiger charge is 2.02. The molecule has 0 aliphatic heterocycles. The van der Waals surface area contributed by atoms with Crippen LogP contribution in [0.4, 0.5) is 0 Å². The molecule has 2 rings (SSSR count). The summed E-state index contributed by atoms with van der Waals surface area (Å²) in [5, 5.41) is 9.28. The van der Waals surface area contributed by atoms with Gasteiger partial charge in [-0.25, -0.2) is 4.98 Å². The summed E-state index contributed by atoms with van der Waals surface area (Å²) in [6, 6.07) is 10.3. The summed E-state index contributed by atoms with van der Waals surface area (Å²) < 4.78 is 6.44. The summed E-state index contributed by atoms with van der Waals surface area (Å²) in [5.74, 6) is 1.24. The molecule has 0 aliphatic rings. The van der Waals surface area contributed by atoms with Gasteiger partial charge in [0.1, 0.15) is 11.5 Å². The average Bonchev–Trinajstić information content (AvgIpc) is 2.24. The van der Waals surface area contributed by atoms with Crippen LogP contribution in [0.2, 0.25) is 0 Å². The first-order valence-corrected chi connectivity index (χ1v) is 5.54. The van der Waals surface area contributed by atoms with E-state index < -0.39 is 0 Å². The Balaban J connectivity index is 2.24. The molecule has 0 radical (unpaired) electrons. The number of benzene rings is 1. The molecule has 1 N–H and O–H groups in total. The number of halogens is 1. The highest BCUT2D eigenvalue weighted by Crippen LogP contribution is 2.25. The molecule has 0 bridgehead atoms. The standard InChI is InChI=1S/C12H10BrNO2/c1-8-11(13)5-6-12(14-8)16-10-4-2-3-9(15)7-10/h2-7,15H,1H3. The van der Waals surface area contributed by atoms with Crippen molar-refractivity contribution in [3.8, 4) is 17.4 Å². The maximum absolute atomic E-state index is 9.28. The third kappa shape index (κ3) is 2.52. The van der Waals surface area contributed by atoms with Crippen LogP contribution in [0.15, 0.2) is 40.9 Å². The Bertz CT molecular complexity index is 514. The van der Waals surface area contributed by atoms with Crippen LogP contribution in [0.5, 0.6) is 17.4 Å². The molecule has 16 heavy (non-hydrogen) atoms. The lowest BCUT2D eigenvalue weighted by molar-refractivity contribution is 0.444. The number of aryl methyl sites for hydroxylation is 1. The lowest BCUT2D eigenvalue weighted by atomic mass is 10.3. The first-order chi connectivity index (χ1) is 7.65. The first-order valence-electron chi connectivity index (χ1n) is 4.75. The quantitative estimate of drug-likeness (QED) is 0.913. The fourth-order valence-electron chi connectivity index (χ4n) is 1.25. The number of aromatic hydroxyl groups is 1. The molecule has 0 amide bonds. The van der Waals surface area contributed by atoms with E-state index in [1.54, 1.807) is 30.3 Å². The maximum Gasteiger partial charge on any atom is 0.219 e. The number of phenols is 1. The van der Waals surface area contributed by atoms with Crippen molar-refractivity contribution in [3.05, 3.63) is 46.6 Å². The topological polar surface area (TPSA) is 42.4 Å². The molecule has 0 saturated carbocycles. The highest BCUT2D eigenvalue weighted by atomic mass is 79.9. The molecule has 3 nitrogen and oxygen atoms in total. The van der Waals surface area contributed by atoms with Crippen LogP contribution < -0.4 is 4.74 Å². The molecule has 2 aromatic rings. The second kappa shape index (κ2) is 4.53. The van der Waals surface area contributed by atoms with Crippen LogP contribution in [0.25, 0.3) is 0 Å². The number of rotatable bonds is 2. The number of hydrogen-bond acceptors (Lipinski definition) is 3. The van der Waals surface area contributed by atoms with Gasteiger partial charge in [-0.3, -0.25) is 0 Å². The van der Waals surface area contributed by atoms with Gasteiger partial charge in [0.15, 0.2) is 0 Å². The summed E-state index contributed by atoms with van der Waals surface area (Å²) in [4.78, 5) is 4.25. The summed E-state index contributed by atoms with van der Waals surface area (Å²) in [6.45, 7) is 1.89. The van der Waals surface area contributed by atoms with Gasteiger partial charge in [0.2, 0.25) is 5.88 Å². The van der Waals surface area contributed by atoms with Crippen LogP contribution in [0, 0.1) is 6.92 Å². The number of phenolic OH excluding ortho intramolecular Hbond substituents is 1. The zero-order valence-corrected chi connectivity index (χ0v) is 10.2. The fraction of sp³-hybridized carbons (Fsp3) is 0.0833. The van der Waals surface area contributed by atoms with Crippen LogP contribution in [0.3, 0.4) is 0 Å². The molecule has 0 spiro atoms. The van der Waals surface area contributed by atoms with Gasteiger partial charge >= 0.3 is 0 Å². The van der Waals surface area contributed by atoms with Crippen molar-refractivity contribution in [1.82, 2.24) is 4.98 Å². The van der Waals surface area contributed by atoms with Crippen molar-refractivity contribution in [2.75, 3.05) is 0 Å². The van der Waals surface area contributed by atoms with Crippen LogP contribution >= 0.6 is 15.9 Å².